The third-order valence-electron chi connectivity index (χ3n) is 3.45. The zero-order valence-corrected chi connectivity index (χ0v) is 11.7. The zero-order chi connectivity index (χ0) is 13.1. The zero-order valence-electron chi connectivity index (χ0n) is 10.9. The Morgan fingerprint density at radius 2 is 2.26 bits per heavy atom. The first-order valence-electron chi connectivity index (χ1n) is 6.55. The standard InChI is InChI=1S/C13H17N5S/c1-10-11(6-4-8-19-10)15-12-5-2-3-7-13(12)18-9-14-16-17-18/h2-3,5,7,9-11,15H,4,6,8H2,1H3. The van der Waals surface area contributed by atoms with Crippen LogP contribution < -0.4 is 5.32 Å². The Kier molecular flexibility index (Phi) is 3.68. The summed E-state index contributed by atoms with van der Waals surface area (Å²) in [6, 6.07) is 8.66. The summed E-state index contributed by atoms with van der Waals surface area (Å²) in [6.45, 7) is 2.29. The van der Waals surface area contributed by atoms with Crippen molar-refractivity contribution in [1.82, 2.24) is 20.2 Å². The Morgan fingerprint density at radius 3 is 3.05 bits per heavy atom. The van der Waals surface area contributed by atoms with Crippen LogP contribution in [0.3, 0.4) is 0 Å². The van der Waals surface area contributed by atoms with Crippen molar-refractivity contribution in [3.8, 4) is 5.69 Å². The smallest absolute Gasteiger partial charge is 0.143 e. The van der Waals surface area contributed by atoms with Crippen LogP contribution in [-0.4, -0.2) is 37.3 Å². The number of rotatable bonds is 3. The summed E-state index contributed by atoms with van der Waals surface area (Å²) in [6.07, 6.45) is 4.12. The van der Waals surface area contributed by atoms with Crippen molar-refractivity contribution in [3.63, 3.8) is 0 Å². The molecule has 6 heteroatoms. The van der Waals surface area contributed by atoms with Gasteiger partial charge in [-0.25, -0.2) is 0 Å². The number of hydrogen-bond acceptors (Lipinski definition) is 5. The van der Waals surface area contributed by atoms with Crippen LogP contribution in [0, 0.1) is 0 Å². The van der Waals surface area contributed by atoms with Gasteiger partial charge in [0.05, 0.1) is 11.4 Å². The van der Waals surface area contributed by atoms with Crippen molar-refractivity contribution < 1.29 is 0 Å². The highest BCUT2D eigenvalue weighted by atomic mass is 32.2. The number of thioether (sulfide) groups is 1. The maximum Gasteiger partial charge on any atom is 0.143 e. The molecule has 0 saturated carbocycles. The van der Waals surface area contributed by atoms with Crippen LogP contribution in [0.25, 0.3) is 5.69 Å². The maximum atomic E-state index is 3.97. The minimum Gasteiger partial charge on any atom is -0.379 e. The van der Waals surface area contributed by atoms with Crippen molar-refractivity contribution in [2.75, 3.05) is 11.1 Å². The van der Waals surface area contributed by atoms with Gasteiger partial charge in [0.25, 0.3) is 0 Å². The van der Waals surface area contributed by atoms with Crippen molar-refractivity contribution >= 4 is 17.4 Å². The molecule has 2 atom stereocenters. The van der Waals surface area contributed by atoms with E-state index in [1.54, 1.807) is 11.0 Å². The molecule has 0 spiro atoms. The van der Waals surface area contributed by atoms with Crippen LogP contribution in [0.1, 0.15) is 19.8 Å². The number of anilines is 1. The van der Waals surface area contributed by atoms with E-state index < -0.39 is 0 Å². The number of tetrazole rings is 1. The van der Waals surface area contributed by atoms with Gasteiger partial charge in [0.1, 0.15) is 6.33 Å². The van der Waals surface area contributed by atoms with Gasteiger partial charge < -0.3 is 5.32 Å². The number of nitrogens with one attached hydrogen (secondary N) is 1. The van der Waals surface area contributed by atoms with E-state index in [0.29, 0.717) is 11.3 Å². The molecule has 1 aliphatic heterocycles. The van der Waals surface area contributed by atoms with E-state index in [2.05, 4.69) is 33.8 Å². The van der Waals surface area contributed by atoms with E-state index in [1.165, 1.54) is 18.6 Å². The van der Waals surface area contributed by atoms with Crippen LogP contribution in [0.15, 0.2) is 30.6 Å². The fourth-order valence-corrected chi connectivity index (χ4v) is 3.52. The average molecular weight is 275 g/mol. The molecule has 19 heavy (non-hydrogen) atoms. The summed E-state index contributed by atoms with van der Waals surface area (Å²) >= 11 is 2.04. The molecule has 1 N–H and O–H groups in total. The first kappa shape index (κ1) is 12.5. The Hall–Kier alpha value is -1.56. The van der Waals surface area contributed by atoms with Gasteiger partial charge in [0.2, 0.25) is 0 Å². The SMILES string of the molecule is CC1SCCCC1Nc1ccccc1-n1cnnn1. The lowest BCUT2D eigenvalue weighted by Gasteiger charge is -2.30. The Labute approximate surface area is 116 Å². The lowest BCUT2D eigenvalue weighted by atomic mass is 10.1. The lowest BCUT2D eigenvalue weighted by Crippen LogP contribution is -2.33. The first-order valence-corrected chi connectivity index (χ1v) is 7.60. The number of benzene rings is 1. The Morgan fingerprint density at radius 1 is 1.37 bits per heavy atom. The van der Waals surface area contributed by atoms with Crippen LogP contribution in [0.2, 0.25) is 0 Å². The molecular formula is C13H17N5S. The summed E-state index contributed by atoms with van der Waals surface area (Å²) in [5.74, 6) is 1.27. The summed E-state index contributed by atoms with van der Waals surface area (Å²) in [5.41, 5.74) is 2.09. The highest BCUT2D eigenvalue weighted by Crippen LogP contribution is 2.29. The number of nitrogens with zero attached hydrogens (tertiary/aromatic N) is 4. The van der Waals surface area contributed by atoms with Crippen LogP contribution in [0.4, 0.5) is 5.69 Å². The molecule has 0 aliphatic carbocycles. The quantitative estimate of drug-likeness (QED) is 0.932. The molecule has 2 unspecified atom stereocenters. The number of aromatic nitrogens is 4. The molecular weight excluding hydrogens is 258 g/mol. The second-order valence-corrected chi connectivity index (χ2v) is 6.23. The highest BCUT2D eigenvalue weighted by Gasteiger charge is 2.22. The molecule has 1 saturated heterocycles. The number of para-hydroxylation sites is 2. The van der Waals surface area contributed by atoms with Gasteiger partial charge >= 0.3 is 0 Å². The van der Waals surface area contributed by atoms with Crippen LogP contribution in [-0.2, 0) is 0 Å². The molecule has 1 aliphatic rings. The normalized spacial score (nSPS) is 23.2. The van der Waals surface area contributed by atoms with Gasteiger partial charge in [0, 0.05) is 11.3 Å². The summed E-state index contributed by atoms with van der Waals surface area (Å²) < 4.78 is 1.70. The molecule has 5 nitrogen and oxygen atoms in total. The molecule has 1 aromatic carbocycles. The van der Waals surface area contributed by atoms with Gasteiger partial charge in [-0.2, -0.15) is 16.4 Å². The third kappa shape index (κ3) is 2.73. The summed E-state index contributed by atoms with van der Waals surface area (Å²) in [4.78, 5) is 0. The second-order valence-electron chi connectivity index (χ2n) is 4.74. The number of hydrogen-bond donors (Lipinski definition) is 1. The lowest BCUT2D eigenvalue weighted by molar-refractivity contribution is 0.616. The summed E-state index contributed by atoms with van der Waals surface area (Å²) in [7, 11) is 0. The summed E-state index contributed by atoms with van der Waals surface area (Å²) in [5, 5.41) is 15.7. The van der Waals surface area contributed by atoms with Crippen molar-refractivity contribution in [3.05, 3.63) is 30.6 Å². The topological polar surface area (TPSA) is 55.6 Å². The molecule has 1 aromatic heterocycles. The van der Waals surface area contributed by atoms with Gasteiger partial charge in [0.15, 0.2) is 0 Å². The van der Waals surface area contributed by atoms with Gasteiger partial charge in [-0.05, 0) is 41.2 Å². The van der Waals surface area contributed by atoms with E-state index in [0.717, 1.165) is 11.4 Å². The monoisotopic (exact) mass is 275 g/mol. The van der Waals surface area contributed by atoms with E-state index in [9.17, 15) is 0 Å². The molecule has 3 rings (SSSR count). The molecule has 100 valence electrons. The van der Waals surface area contributed by atoms with Crippen LogP contribution in [0.5, 0.6) is 0 Å². The van der Waals surface area contributed by atoms with Gasteiger partial charge in [-0.3, -0.25) is 0 Å². The van der Waals surface area contributed by atoms with Gasteiger partial charge in [-0.15, -0.1) is 5.10 Å². The Bertz CT molecular complexity index is 528. The molecule has 0 radical (unpaired) electrons. The van der Waals surface area contributed by atoms with Gasteiger partial charge in [-0.1, -0.05) is 19.1 Å². The van der Waals surface area contributed by atoms with E-state index >= 15 is 0 Å². The largest absolute Gasteiger partial charge is 0.379 e. The first-order chi connectivity index (χ1) is 9.34. The van der Waals surface area contributed by atoms with Crippen molar-refractivity contribution in [2.24, 2.45) is 0 Å². The van der Waals surface area contributed by atoms with E-state index in [1.807, 2.05) is 30.0 Å². The fraction of sp³-hybridized carbons (Fsp3) is 0.462. The highest BCUT2D eigenvalue weighted by molar-refractivity contribution is 8.00. The minimum atomic E-state index is 0.511. The third-order valence-corrected chi connectivity index (χ3v) is 4.83. The fourth-order valence-electron chi connectivity index (χ4n) is 2.38. The average Bonchev–Trinajstić information content (AvgIpc) is 2.96. The second kappa shape index (κ2) is 5.61. The van der Waals surface area contributed by atoms with Crippen molar-refractivity contribution in [2.45, 2.75) is 31.1 Å². The predicted molar refractivity (Wildman–Crippen MR) is 77.7 cm³/mol. The maximum absolute atomic E-state index is 3.97. The van der Waals surface area contributed by atoms with E-state index in [-0.39, 0.29) is 0 Å². The molecule has 1 fully saturated rings. The van der Waals surface area contributed by atoms with E-state index in [4.69, 9.17) is 0 Å². The van der Waals surface area contributed by atoms with Crippen LogP contribution >= 0.6 is 11.8 Å². The molecule has 2 aromatic rings. The Balaban J connectivity index is 1.84. The molecule has 0 amide bonds. The minimum absolute atomic E-state index is 0.511. The van der Waals surface area contributed by atoms with Crippen molar-refractivity contribution in [1.29, 1.82) is 0 Å². The molecule has 2 heterocycles. The molecule has 0 bridgehead atoms. The predicted octanol–water partition coefficient (Wildman–Crippen LogP) is 2.36.